The minimum Gasteiger partial charge on any atom is -0.481 e. The fourth-order valence-electron chi connectivity index (χ4n) is 0.829. The fourth-order valence-corrected chi connectivity index (χ4v) is 0.829. The summed E-state index contributed by atoms with van der Waals surface area (Å²) in [6.45, 7) is 4.31. The van der Waals surface area contributed by atoms with Crippen LogP contribution in [-0.2, 0) is 4.79 Å². The molecule has 0 aliphatic heterocycles. The molecule has 0 heterocycles. The van der Waals surface area contributed by atoms with E-state index in [-0.39, 0.29) is 39.9 Å². The second-order valence-electron chi connectivity index (χ2n) is 3.03. The molecular formula is C8H16GdO2. The van der Waals surface area contributed by atoms with Crippen molar-refractivity contribution >= 4 is 5.97 Å². The molecule has 0 saturated heterocycles. The van der Waals surface area contributed by atoms with E-state index in [1.54, 1.807) is 0 Å². The Labute approximate surface area is 100 Å². The molecular weight excluding hydrogens is 285 g/mol. The molecule has 0 aromatic rings. The first-order chi connectivity index (χ1) is 4.63. The van der Waals surface area contributed by atoms with E-state index in [9.17, 15) is 4.79 Å². The van der Waals surface area contributed by atoms with Crippen molar-refractivity contribution in [1.82, 2.24) is 0 Å². The van der Waals surface area contributed by atoms with Crippen LogP contribution in [0.25, 0.3) is 0 Å². The van der Waals surface area contributed by atoms with Crippen molar-refractivity contribution in [2.75, 3.05) is 0 Å². The van der Waals surface area contributed by atoms with Crippen molar-refractivity contribution in [3.63, 3.8) is 0 Å². The summed E-state index contributed by atoms with van der Waals surface area (Å²) in [5.74, 6) is 0.0255. The zero-order valence-corrected chi connectivity index (χ0v) is 9.38. The number of hydrogen-bond acceptors (Lipinski definition) is 1. The first-order valence-electron chi connectivity index (χ1n) is 3.84. The summed E-state index contributed by atoms with van der Waals surface area (Å²) in [5, 5.41) is 8.28. The van der Waals surface area contributed by atoms with Crippen LogP contribution in [-0.4, -0.2) is 11.1 Å². The standard InChI is InChI=1S/C8H16O2.Gd/c1-7(2)5-3-4-6-8(9)10;/h7H,3-6H2,1-2H3,(H,9,10);. The minimum atomic E-state index is -0.677. The maximum atomic E-state index is 10.0. The van der Waals surface area contributed by atoms with Gasteiger partial charge in [-0.05, 0) is 12.3 Å². The van der Waals surface area contributed by atoms with Gasteiger partial charge >= 0.3 is 5.97 Å². The molecule has 1 N–H and O–H groups in total. The largest absolute Gasteiger partial charge is 0.481 e. The van der Waals surface area contributed by atoms with Crippen LogP contribution in [0.3, 0.4) is 0 Å². The summed E-state index contributed by atoms with van der Waals surface area (Å²) in [4.78, 5) is 10.0. The van der Waals surface area contributed by atoms with Gasteiger partial charge in [-0.3, -0.25) is 4.79 Å². The molecule has 0 fully saturated rings. The van der Waals surface area contributed by atoms with E-state index >= 15 is 0 Å². The molecule has 0 aliphatic rings. The van der Waals surface area contributed by atoms with E-state index in [1.807, 2.05) is 0 Å². The van der Waals surface area contributed by atoms with E-state index in [0.717, 1.165) is 19.3 Å². The average Bonchev–Trinajstić information content (AvgIpc) is 1.79. The van der Waals surface area contributed by atoms with Gasteiger partial charge in [-0.25, -0.2) is 0 Å². The van der Waals surface area contributed by atoms with E-state index in [4.69, 9.17) is 5.11 Å². The Balaban J connectivity index is 0. The maximum Gasteiger partial charge on any atom is 0.303 e. The molecule has 0 aliphatic carbocycles. The molecule has 0 radical (unpaired) electrons. The Morgan fingerprint density at radius 1 is 1.36 bits per heavy atom. The summed E-state index contributed by atoms with van der Waals surface area (Å²) in [6.07, 6.45) is 3.34. The molecule has 68 valence electrons. The number of rotatable bonds is 5. The first kappa shape index (κ1) is 14.3. The molecule has 0 saturated carbocycles. The zero-order chi connectivity index (χ0) is 7.98. The van der Waals surface area contributed by atoms with Gasteiger partial charge in [0, 0.05) is 46.4 Å². The number of unbranched alkanes of at least 4 members (excludes halogenated alkanes) is 1. The number of carboxylic acid groups (broad SMARTS) is 1. The molecule has 11 heavy (non-hydrogen) atoms. The van der Waals surface area contributed by atoms with Gasteiger partial charge in [0.2, 0.25) is 0 Å². The van der Waals surface area contributed by atoms with Crippen molar-refractivity contribution < 1.29 is 49.8 Å². The van der Waals surface area contributed by atoms with Crippen LogP contribution in [0.2, 0.25) is 0 Å². The molecule has 3 heteroatoms. The van der Waals surface area contributed by atoms with Crippen molar-refractivity contribution in [3.8, 4) is 0 Å². The van der Waals surface area contributed by atoms with Gasteiger partial charge < -0.3 is 5.11 Å². The van der Waals surface area contributed by atoms with Crippen molar-refractivity contribution in [1.29, 1.82) is 0 Å². The second kappa shape index (κ2) is 8.89. The van der Waals surface area contributed by atoms with Crippen LogP contribution >= 0.6 is 0 Å². The molecule has 2 nitrogen and oxygen atoms in total. The van der Waals surface area contributed by atoms with E-state index in [2.05, 4.69) is 13.8 Å². The Kier molecular flexibility index (Phi) is 11.6. The molecule has 0 rings (SSSR count). The Hall–Kier alpha value is 0.795. The van der Waals surface area contributed by atoms with Gasteiger partial charge in [0.05, 0.1) is 0 Å². The van der Waals surface area contributed by atoms with Gasteiger partial charge in [0.25, 0.3) is 0 Å². The molecule has 0 unspecified atom stereocenters. The van der Waals surface area contributed by atoms with Crippen LogP contribution in [0, 0.1) is 45.9 Å². The third-order valence-electron chi connectivity index (χ3n) is 1.42. The van der Waals surface area contributed by atoms with E-state index < -0.39 is 5.97 Å². The second-order valence-corrected chi connectivity index (χ2v) is 3.03. The number of aliphatic carboxylic acids is 1. The van der Waals surface area contributed by atoms with Gasteiger partial charge in [-0.2, -0.15) is 0 Å². The third kappa shape index (κ3) is 13.7. The first-order valence-corrected chi connectivity index (χ1v) is 3.84. The third-order valence-corrected chi connectivity index (χ3v) is 1.42. The Bertz CT molecular complexity index is 102. The summed E-state index contributed by atoms with van der Waals surface area (Å²) in [5.41, 5.74) is 0. The molecule has 0 aromatic carbocycles. The molecule has 0 amide bonds. The predicted octanol–water partition coefficient (Wildman–Crippen LogP) is 2.29. The van der Waals surface area contributed by atoms with Crippen molar-refractivity contribution in [2.45, 2.75) is 39.5 Å². The quantitative estimate of drug-likeness (QED) is 0.791. The average molecular weight is 301 g/mol. The van der Waals surface area contributed by atoms with Crippen LogP contribution in [0.4, 0.5) is 0 Å². The summed E-state index contributed by atoms with van der Waals surface area (Å²) in [7, 11) is 0. The summed E-state index contributed by atoms with van der Waals surface area (Å²) < 4.78 is 0. The fraction of sp³-hybridized carbons (Fsp3) is 0.875. The van der Waals surface area contributed by atoms with Crippen LogP contribution < -0.4 is 0 Å². The molecule has 0 aromatic heterocycles. The number of carbonyl (C=O) groups is 1. The topological polar surface area (TPSA) is 37.3 Å². The van der Waals surface area contributed by atoms with Crippen LogP contribution in [0.1, 0.15) is 39.5 Å². The van der Waals surface area contributed by atoms with E-state index in [0.29, 0.717) is 12.3 Å². The molecule has 0 bridgehead atoms. The van der Waals surface area contributed by atoms with Gasteiger partial charge in [-0.1, -0.05) is 26.7 Å². The Morgan fingerprint density at radius 3 is 2.27 bits per heavy atom. The number of hydrogen-bond donors (Lipinski definition) is 1. The monoisotopic (exact) mass is 302 g/mol. The smallest absolute Gasteiger partial charge is 0.303 e. The maximum absolute atomic E-state index is 10.0. The van der Waals surface area contributed by atoms with Gasteiger partial charge in [0.1, 0.15) is 0 Å². The predicted molar refractivity (Wildman–Crippen MR) is 40.9 cm³/mol. The SMILES string of the molecule is CC(C)CCCCC(=O)O.[Gd]. The van der Waals surface area contributed by atoms with Gasteiger partial charge in [0.15, 0.2) is 0 Å². The zero-order valence-electron chi connectivity index (χ0n) is 7.11. The normalized spacial score (nSPS) is 9.36. The Morgan fingerprint density at radius 2 is 1.91 bits per heavy atom. The van der Waals surface area contributed by atoms with E-state index in [1.165, 1.54) is 0 Å². The molecule has 0 spiro atoms. The van der Waals surface area contributed by atoms with Crippen LogP contribution in [0.5, 0.6) is 0 Å². The minimum absolute atomic E-state index is 0. The van der Waals surface area contributed by atoms with Gasteiger partial charge in [-0.15, -0.1) is 0 Å². The van der Waals surface area contributed by atoms with Crippen molar-refractivity contribution in [2.24, 2.45) is 5.92 Å². The van der Waals surface area contributed by atoms with Crippen molar-refractivity contribution in [3.05, 3.63) is 0 Å². The summed E-state index contributed by atoms with van der Waals surface area (Å²) in [6, 6.07) is 0. The molecule has 0 atom stereocenters. The summed E-state index contributed by atoms with van der Waals surface area (Å²) >= 11 is 0. The van der Waals surface area contributed by atoms with Crippen LogP contribution in [0.15, 0.2) is 0 Å². The number of carboxylic acids is 1.